The van der Waals surface area contributed by atoms with Crippen molar-refractivity contribution in [3.05, 3.63) is 35.9 Å². The lowest BCUT2D eigenvalue weighted by Crippen LogP contribution is -2.50. The van der Waals surface area contributed by atoms with E-state index in [9.17, 15) is 4.79 Å². The van der Waals surface area contributed by atoms with Gasteiger partial charge in [-0.1, -0.05) is 30.3 Å². The van der Waals surface area contributed by atoms with Crippen LogP contribution in [0, 0.1) is 5.92 Å². The lowest BCUT2D eigenvalue weighted by molar-refractivity contribution is -0.126. The summed E-state index contributed by atoms with van der Waals surface area (Å²) in [6.07, 6.45) is 1.20. The number of carbonyl (C=O) groups is 1. The molecule has 1 amide bonds. The van der Waals surface area contributed by atoms with Crippen molar-refractivity contribution in [2.24, 2.45) is 11.7 Å². The number of hydrogen-bond donors (Lipinski definition) is 2. The van der Waals surface area contributed by atoms with Crippen molar-refractivity contribution in [2.45, 2.75) is 31.9 Å². The molecule has 4 heteroatoms. The van der Waals surface area contributed by atoms with Crippen LogP contribution in [-0.4, -0.2) is 25.2 Å². The highest BCUT2D eigenvalue weighted by Gasteiger charge is 2.32. The minimum Gasteiger partial charge on any atom is -0.378 e. The van der Waals surface area contributed by atoms with E-state index in [4.69, 9.17) is 10.5 Å². The van der Waals surface area contributed by atoms with Gasteiger partial charge in [-0.2, -0.15) is 0 Å². The number of carbonyl (C=O) groups excluding carboxylic acids is 1. The summed E-state index contributed by atoms with van der Waals surface area (Å²) >= 11 is 0. The number of nitrogens with one attached hydrogen (secondary N) is 1. The number of amides is 1. The van der Waals surface area contributed by atoms with Crippen molar-refractivity contribution >= 4 is 5.91 Å². The lowest BCUT2D eigenvalue weighted by atomic mass is 9.92. The maximum atomic E-state index is 12.3. The van der Waals surface area contributed by atoms with Crippen molar-refractivity contribution in [2.75, 3.05) is 13.2 Å². The summed E-state index contributed by atoms with van der Waals surface area (Å²) in [6.45, 7) is 5.19. The van der Waals surface area contributed by atoms with Gasteiger partial charge in [0.1, 0.15) is 5.54 Å². The summed E-state index contributed by atoms with van der Waals surface area (Å²) in [7, 11) is 0. The van der Waals surface area contributed by atoms with E-state index in [2.05, 4.69) is 5.32 Å². The van der Waals surface area contributed by atoms with E-state index in [1.807, 2.05) is 37.3 Å². The zero-order valence-electron chi connectivity index (χ0n) is 11.6. The maximum Gasteiger partial charge on any atom is 0.244 e. The molecule has 0 bridgehead atoms. The van der Waals surface area contributed by atoms with E-state index in [1.54, 1.807) is 6.92 Å². The average Bonchev–Trinajstić information content (AvgIpc) is 2.82. The molecule has 0 aromatic heterocycles. The Balaban J connectivity index is 1.95. The van der Waals surface area contributed by atoms with E-state index in [-0.39, 0.29) is 12.0 Å². The highest BCUT2D eigenvalue weighted by Crippen LogP contribution is 2.21. The average molecular weight is 262 g/mol. The molecule has 3 unspecified atom stereocenters. The second-order valence-corrected chi connectivity index (χ2v) is 5.40. The number of ether oxygens (including phenoxy) is 1. The number of hydrogen-bond acceptors (Lipinski definition) is 3. The van der Waals surface area contributed by atoms with Crippen LogP contribution in [-0.2, 0) is 15.1 Å². The quantitative estimate of drug-likeness (QED) is 0.862. The third-order valence-electron chi connectivity index (χ3n) is 3.90. The topological polar surface area (TPSA) is 64.3 Å². The molecule has 1 aliphatic heterocycles. The van der Waals surface area contributed by atoms with Gasteiger partial charge in [-0.05, 0) is 25.8 Å². The minimum absolute atomic E-state index is 0.141. The smallest absolute Gasteiger partial charge is 0.244 e. The first-order valence-corrected chi connectivity index (χ1v) is 6.76. The summed E-state index contributed by atoms with van der Waals surface area (Å²) in [5, 5.41) is 2.95. The largest absolute Gasteiger partial charge is 0.378 e. The van der Waals surface area contributed by atoms with Crippen molar-refractivity contribution in [1.29, 1.82) is 0 Å². The molecule has 0 radical (unpaired) electrons. The standard InChI is InChI=1S/C15H22N2O2/c1-11-12(8-9-19-11)10-17-14(18)15(2,16)13-6-4-3-5-7-13/h3-7,11-12H,8-10,16H2,1-2H3,(H,17,18). The number of nitrogens with two attached hydrogens (primary N) is 1. The molecule has 0 spiro atoms. The van der Waals surface area contributed by atoms with Crippen LogP contribution >= 0.6 is 0 Å². The van der Waals surface area contributed by atoms with Crippen LogP contribution in [0.5, 0.6) is 0 Å². The fourth-order valence-electron chi connectivity index (χ4n) is 2.37. The van der Waals surface area contributed by atoms with Crippen molar-refractivity contribution < 1.29 is 9.53 Å². The van der Waals surface area contributed by atoms with Gasteiger partial charge in [0.2, 0.25) is 5.91 Å². The first-order valence-electron chi connectivity index (χ1n) is 6.76. The van der Waals surface area contributed by atoms with Crippen LogP contribution in [0.4, 0.5) is 0 Å². The molecule has 2 rings (SSSR count). The summed E-state index contributed by atoms with van der Waals surface area (Å²) in [4.78, 5) is 12.3. The predicted molar refractivity (Wildman–Crippen MR) is 74.5 cm³/mol. The minimum atomic E-state index is -0.996. The van der Waals surface area contributed by atoms with E-state index < -0.39 is 5.54 Å². The monoisotopic (exact) mass is 262 g/mol. The van der Waals surface area contributed by atoms with Gasteiger partial charge in [0.05, 0.1) is 6.10 Å². The van der Waals surface area contributed by atoms with Crippen molar-refractivity contribution in [1.82, 2.24) is 5.32 Å². The summed E-state index contributed by atoms with van der Waals surface area (Å²) in [5.41, 5.74) is 5.98. The molecule has 0 saturated carbocycles. The molecule has 0 aliphatic carbocycles. The van der Waals surface area contributed by atoms with Crippen molar-refractivity contribution in [3.8, 4) is 0 Å². The first kappa shape index (κ1) is 14.0. The maximum absolute atomic E-state index is 12.3. The van der Waals surface area contributed by atoms with Crippen molar-refractivity contribution in [3.63, 3.8) is 0 Å². The Kier molecular flexibility index (Phi) is 4.22. The molecular weight excluding hydrogens is 240 g/mol. The molecular formula is C15H22N2O2. The van der Waals surface area contributed by atoms with E-state index in [0.717, 1.165) is 18.6 Å². The van der Waals surface area contributed by atoms with Gasteiger partial charge in [0, 0.05) is 19.1 Å². The molecule has 3 atom stereocenters. The second kappa shape index (κ2) is 5.72. The van der Waals surface area contributed by atoms with Gasteiger partial charge in [-0.25, -0.2) is 0 Å². The molecule has 19 heavy (non-hydrogen) atoms. The molecule has 1 aromatic rings. The Morgan fingerprint density at radius 3 is 2.74 bits per heavy atom. The van der Waals surface area contributed by atoms with E-state index in [1.165, 1.54) is 0 Å². The fraction of sp³-hybridized carbons (Fsp3) is 0.533. The molecule has 1 saturated heterocycles. The third-order valence-corrected chi connectivity index (χ3v) is 3.90. The normalized spacial score (nSPS) is 25.8. The molecule has 1 aromatic carbocycles. The molecule has 1 heterocycles. The Bertz CT molecular complexity index is 431. The number of benzene rings is 1. The van der Waals surface area contributed by atoms with Gasteiger partial charge in [-0.3, -0.25) is 4.79 Å². The van der Waals surface area contributed by atoms with Crippen LogP contribution in [0.1, 0.15) is 25.8 Å². The van der Waals surface area contributed by atoms with Crippen LogP contribution < -0.4 is 11.1 Å². The molecule has 1 fully saturated rings. The summed E-state index contributed by atoms with van der Waals surface area (Å²) < 4.78 is 5.49. The molecule has 3 N–H and O–H groups in total. The zero-order valence-corrected chi connectivity index (χ0v) is 11.6. The number of rotatable bonds is 4. The van der Waals surface area contributed by atoms with Gasteiger partial charge >= 0.3 is 0 Å². The van der Waals surface area contributed by atoms with Crippen LogP contribution in [0.3, 0.4) is 0 Å². The lowest BCUT2D eigenvalue weighted by Gasteiger charge is -2.25. The van der Waals surface area contributed by atoms with Gasteiger partial charge in [0.15, 0.2) is 0 Å². The molecule has 4 nitrogen and oxygen atoms in total. The van der Waals surface area contributed by atoms with Crippen LogP contribution in [0.15, 0.2) is 30.3 Å². The van der Waals surface area contributed by atoms with Gasteiger partial charge < -0.3 is 15.8 Å². The van der Waals surface area contributed by atoms with E-state index >= 15 is 0 Å². The summed E-state index contributed by atoms with van der Waals surface area (Å²) in [5.74, 6) is 0.244. The molecule has 1 aliphatic rings. The SMILES string of the molecule is CC1OCCC1CNC(=O)C(C)(N)c1ccccc1. The third kappa shape index (κ3) is 3.14. The predicted octanol–water partition coefficient (Wildman–Crippen LogP) is 1.40. The fourth-order valence-corrected chi connectivity index (χ4v) is 2.37. The highest BCUT2D eigenvalue weighted by atomic mass is 16.5. The Hall–Kier alpha value is -1.39. The Morgan fingerprint density at radius 2 is 2.16 bits per heavy atom. The second-order valence-electron chi connectivity index (χ2n) is 5.40. The zero-order chi connectivity index (χ0) is 13.9. The van der Waals surface area contributed by atoms with Crippen LogP contribution in [0.25, 0.3) is 0 Å². The first-order chi connectivity index (χ1) is 9.01. The summed E-state index contributed by atoms with van der Waals surface area (Å²) in [6, 6.07) is 9.44. The van der Waals surface area contributed by atoms with E-state index in [0.29, 0.717) is 12.5 Å². The Labute approximate surface area is 114 Å². The molecule has 104 valence electrons. The highest BCUT2D eigenvalue weighted by molar-refractivity contribution is 5.86. The van der Waals surface area contributed by atoms with Gasteiger partial charge in [0.25, 0.3) is 0 Å². The Morgan fingerprint density at radius 1 is 1.47 bits per heavy atom. The van der Waals surface area contributed by atoms with Gasteiger partial charge in [-0.15, -0.1) is 0 Å². The van der Waals surface area contributed by atoms with Crippen LogP contribution in [0.2, 0.25) is 0 Å².